The van der Waals surface area contributed by atoms with E-state index in [9.17, 15) is 26.4 Å². The summed E-state index contributed by atoms with van der Waals surface area (Å²) in [5.41, 5.74) is -1.02. The van der Waals surface area contributed by atoms with E-state index in [1.54, 1.807) is 0 Å². The molecule has 2 rings (SSSR count). The SMILES string of the molecule is O=C(O)N1CCC(S(=O)(=O)c2cccc(C(F)(F)F)c2)CC1. The van der Waals surface area contributed by atoms with Gasteiger partial charge in [0.05, 0.1) is 15.7 Å². The summed E-state index contributed by atoms with van der Waals surface area (Å²) in [5, 5.41) is 7.95. The molecule has 0 saturated carbocycles. The number of piperidine rings is 1. The molecule has 1 aromatic rings. The number of hydrogen-bond acceptors (Lipinski definition) is 3. The summed E-state index contributed by atoms with van der Waals surface area (Å²) in [7, 11) is -3.91. The molecule has 0 bridgehead atoms. The Morgan fingerprint density at radius 3 is 2.32 bits per heavy atom. The molecule has 1 heterocycles. The Morgan fingerprint density at radius 1 is 1.23 bits per heavy atom. The molecule has 1 aliphatic heterocycles. The van der Waals surface area contributed by atoms with Crippen molar-refractivity contribution in [2.45, 2.75) is 29.2 Å². The summed E-state index contributed by atoms with van der Waals surface area (Å²) in [4.78, 5) is 11.5. The molecule has 0 aliphatic carbocycles. The molecule has 0 aromatic heterocycles. The number of carbonyl (C=O) groups is 1. The van der Waals surface area contributed by atoms with Crippen molar-refractivity contribution in [2.24, 2.45) is 0 Å². The monoisotopic (exact) mass is 337 g/mol. The normalized spacial score (nSPS) is 17.5. The molecule has 9 heteroatoms. The smallest absolute Gasteiger partial charge is 0.416 e. The lowest BCUT2D eigenvalue weighted by atomic mass is 10.1. The zero-order valence-corrected chi connectivity index (χ0v) is 12.2. The number of nitrogens with zero attached hydrogens (tertiary/aromatic N) is 1. The molecular weight excluding hydrogens is 323 g/mol. The van der Waals surface area contributed by atoms with Crippen molar-refractivity contribution in [1.82, 2.24) is 4.90 Å². The number of rotatable bonds is 2. The van der Waals surface area contributed by atoms with Gasteiger partial charge in [-0.15, -0.1) is 0 Å². The van der Waals surface area contributed by atoms with Crippen LogP contribution in [0.2, 0.25) is 0 Å². The van der Waals surface area contributed by atoms with Gasteiger partial charge in [0, 0.05) is 13.1 Å². The molecule has 1 fully saturated rings. The molecule has 0 spiro atoms. The van der Waals surface area contributed by atoms with E-state index in [0.717, 1.165) is 23.1 Å². The quantitative estimate of drug-likeness (QED) is 0.900. The number of halogens is 3. The second-order valence-electron chi connectivity index (χ2n) is 5.04. The Hall–Kier alpha value is -1.77. The third-order valence-corrected chi connectivity index (χ3v) is 5.90. The first-order valence-electron chi connectivity index (χ1n) is 6.51. The largest absolute Gasteiger partial charge is 0.465 e. The Labute approximate surface area is 125 Å². The predicted octanol–water partition coefficient (Wildman–Crippen LogP) is 2.62. The lowest BCUT2D eigenvalue weighted by molar-refractivity contribution is -0.137. The summed E-state index contributed by atoms with van der Waals surface area (Å²) in [6, 6.07) is 3.63. The van der Waals surface area contributed by atoms with Gasteiger partial charge in [-0.05, 0) is 31.0 Å². The Bertz CT molecular complexity index is 664. The third-order valence-electron chi connectivity index (χ3n) is 3.64. The van der Waals surface area contributed by atoms with Crippen LogP contribution in [0.5, 0.6) is 0 Å². The van der Waals surface area contributed by atoms with Crippen molar-refractivity contribution in [2.75, 3.05) is 13.1 Å². The van der Waals surface area contributed by atoms with Crippen LogP contribution < -0.4 is 0 Å². The highest BCUT2D eigenvalue weighted by atomic mass is 32.2. The highest BCUT2D eigenvalue weighted by Crippen LogP contribution is 2.32. The lowest BCUT2D eigenvalue weighted by Crippen LogP contribution is -2.41. The van der Waals surface area contributed by atoms with Crippen LogP contribution in [0.1, 0.15) is 18.4 Å². The van der Waals surface area contributed by atoms with Gasteiger partial charge in [0.15, 0.2) is 9.84 Å². The van der Waals surface area contributed by atoms with Gasteiger partial charge in [0.2, 0.25) is 0 Å². The number of carboxylic acid groups (broad SMARTS) is 1. The molecule has 0 radical (unpaired) electrons. The zero-order chi connectivity index (χ0) is 16.5. The van der Waals surface area contributed by atoms with Crippen LogP contribution in [-0.2, 0) is 16.0 Å². The van der Waals surface area contributed by atoms with E-state index in [1.807, 2.05) is 0 Å². The van der Waals surface area contributed by atoms with E-state index in [4.69, 9.17) is 5.11 Å². The number of benzene rings is 1. The van der Waals surface area contributed by atoms with Crippen LogP contribution in [0.15, 0.2) is 29.2 Å². The molecular formula is C13H14F3NO4S. The predicted molar refractivity (Wildman–Crippen MR) is 71.2 cm³/mol. The van der Waals surface area contributed by atoms with Crippen LogP contribution in [0, 0.1) is 0 Å². The number of likely N-dealkylation sites (tertiary alicyclic amines) is 1. The summed E-state index contributed by atoms with van der Waals surface area (Å²) in [6.45, 7) is 0.108. The summed E-state index contributed by atoms with van der Waals surface area (Å²) in [5.74, 6) is 0. The molecule has 1 amide bonds. The second kappa shape index (κ2) is 5.79. The van der Waals surface area contributed by atoms with E-state index < -0.39 is 32.9 Å². The van der Waals surface area contributed by atoms with Gasteiger partial charge in [0.1, 0.15) is 0 Å². The first-order valence-corrected chi connectivity index (χ1v) is 8.06. The number of sulfone groups is 1. The van der Waals surface area contributed by atoms with Gasteiger partial charge < -0.3 is 10.0 Å². The van der Waals surface area contributed by atoms with Gasteiger partial charge in [0.25, 0.3) is 0 Å². The minimum absolute atomic E-state index is 0.0538. The highest BCUT2D eigenvalue weighted by Gasteiger charge is 2.35. The van der Waals surface area contributed by atoms with Gasteiger partial charge in [-0.25, -0.2) is 13.2 Å². The first-order chi connectivity index (χ1) is 10.1. The molecule has 5 nitrogen and oxygen atoms in total. The Morgan fingerprint density at radius 2 is 1.82 bits per heavy atom. The van der Waals surface area contributed by atoms with Crippen molar-refractivity contribution < 1.29 is 31.5 Å². The minimum Gasteiger partial charge on any atom is -0.465 e. The lowest BCUT2D eigenvalue weighted by Gasteiger charge is -2.29. The topological polar surface area (TPSA) is 74.7 Å². The third kappa shape index (κ3) is 3.34. The van der Waals surface area contributed by atoms with Crippen LogP contribution in [0.4, 0.5) is 18.0 Å². The van der Waals surface area contributed by atoms with Gasteiger partial charge in [-0.3, -0.25) is 0 Å². The van der Waals surface area contributed by atoms with Gasteiger partial charge in [-0.2, -0.15) is 13.2 Å². The van der Waals surface area contributed by atoms with Crippen LogP contribution >= 0.6 is 0 Å². The van der Waals surface area contributed by atoms with Gasteiger partial charge >= 0.3 is 12.3 Å². The maximum Gasteiger partial charge on any atom is 0.416 e. The van der Waals surface area contributed by atoms with E-state index in [0.29, 0.717) is 6.07 Å². The summed E-state index contributed by atoms with van der Waals surface area (Å²) >= 11 is 0. The van der Waals surface area contributed by atoms with Crippen LogP contribution in [-0.4, -0.2) is 42.9 Å². The zero-order valence-electron chi connectivity index (χ0n) is 11.4. The highest BCUT2D eigenvalue weighted by molar-refractivity contribution is 7.92. The standard InChI is InChI=1S/C13H14F3NO4S/c14-13(15,16)9-2-1-3-11(8-9)22(20,21)10-4-6-17(7-5-10)12(18)19/h1-3,8,10H,4-7H2,(H,18,19). The second-order valence-corrected chi connectivity index (χ2v) is 7.27. The molecule has 1 aromatic carbocycles. The summed E-state index contributed by atoms with van der Waals surface area (Å²) in [6.07, 6.45) is -5.59. The van der Waals surface area contributed by atoms with Gasteiger partial charge in [-0.1, -0.05) is 6.07 Å². The average Bonchev–Trinajstić information content (AvgIpc) is 2.46. The molecule has 1 aliphatic rings. The van der Waals surface area contributed by atoms with E-state index in [-0.39, 0.29) is 30.8 Å². The first kappa shape index (κ1) is 16.6. The van der Waals surface area contributed by atoms with Crippen molar-refractivity contribution >= 4 is 15.9 Å². The van der Waals surface area contributed by atoms with Crippen LogP contribution in [0.3, 0.4) is 0 Å². The molecule has 1 N–H and O–H groups in total. The summed E-state index contributed by atoms with van der Waals surface area (Å²) < 4.78 is 62.8. The number of alkyl halides is 3. The van der Waals surface area contributed by atoms with Crippen molar-refractivity contribution in [3.05, 3.63) is 29.8 Å². The van der Waals surface area contributed by atoms with E-state index in [2.05, 4.69) is 0 Å². The van der Waals surface area contributed by atoms with Crippen LogP contribution in [0.25, 0.3) is 0 Å². The Kier molecular flexibility index (Phi) is 4.37. The number of amides is 1. The molecule has 0 atom stereocenters. The molecule has 1 saturated heterocycles. The maximum atomic E-state index is 12.7. The fraction of sp³-hybridized carbons (Fsp3) is 0.462. The average molecular weight is 337 g/mol. The Balaban J connectivity index is 2.23. The van der Waals surface area contributed by atoms with Crippen molar-refractivity contribution in [3.8, 4) is 0 Å². The van der Waals surface area contributed by atoms with Crippen molar-refractivity contribution in [1.29, 1.82) is 0 Å². The molecule has 122 valence electrons. The van der Waals surface area contributed by atoms with E-state index in [1.165, 1.54) is 0 Å². The van der Waals surface area contributed by atoms with E-state index >= 15 is 0 Å². The fourth-order valence-electron chi connectivity index (χ4n) is 2.40. The van der Waals surface area contributed by atoms with Crippen molar-refractivity contribution in [3.63, 3.8) is 0 Å². The molecule has 0 unspecified atom stereocenters. The number of hydrogen-bond donors (Lipinski definition) is 1. The maximum absolute atomic E-state index is 12.7. The minimum atomic E-state index is -4.61. The molecule has 22 heavy (non-hydrogen) atoms. The fourth-order valence-corrected chi connectivity index (χ4v) is 4.18.